The first kappa shape index (κ1) is 13.7. The van der Waals surface area contributed by atoms with Gasteiger partial charge in [-0.25, -0.2) is 0 Å². The predicted octanol–water partition coefficient (Wildman–Crippen LogP) is 1.22. The van der Waals surface area contributed by atoms with Crippen LogP contribution in [0.4, 0.5) is 0 Å². The summed E-state index contributed by atoms with van der Waals surface area (Å²) >= 11 is 0. The number of hydrogen-bond acceptors (Lipinski definition) is 4. The molecule has 0 radical (unpaired) electrons. The second-order valence-electron chi connectivity index (χ2n) is 5.04. The Kier molecular flexibility index (Phi) is 4.27. The lowest BCUT2D eigenvalue weighted by molar-refractivity contribution is 0.0916. The van der Waals surface area contributed by atoms with Crippen LogP contribution < -0.4 is 10.6 Å². The molecule has 0 aromatic heterocycles. The number of phenolic OH excluding ortho intramolecular Hbond substituents is 2. The van der Waals surface area contributed by atoms with Gasteiger partial charge >= 0.3 is 0 Å². The van der Waals surface area contributed by atoms with Crippen molar-refractivity contribution >= 4 is 5.91 Å². The highest BCUT2D eigenvalue weighted by atomic mass is 16.3. The van der Waals surface area contributed by atoms with Gasteiger partial charge in [0.15, 0.2) is 0 Å². The van der Waals surface area contributed by atoms with Gasteiger partial charge in [-0.2, -0.15) is 0 Å². The Hall–Kier alpha value is -1.75. The van der Waals surface area contributed by atoms with Crippen molar-refractivity contribution in [1.82, 2.24) is 10.6 Å². The molecule has 0 aliphatic carbocycles. The zero-order valence-corrected chi connectivity index (χ0v) is 11.0. The van der Waals surface area contributed by atoms with Gasteiger partial charge in [-0.3, -0.25) is 4.79 Å². The lowest BCUT2D eigenvalue weighted by atomic mass is 9.92. The van der Waals surface area contributed by atoms with Crippen LogP contribution >= 0.6 is 0 Å². The van der Waals surface area contributed by atoms with Crippen molar-refractivity contribution in [3.8, 4) is 11.5 Å². The first-order valence-electron chi connectivity index (χ1n) is 6.62. The van der Waals surface area contributed by atoms with E-state index < -0.39 is 5.91 Å². The molecule has 1 aromatic rings. The maximum absolute atomic E-state index is 12.1. The first-order valence-corrected chi connectivity index (χ1v) is 6.62. The second-order valence-corrected chi connectivity index (χ2v) is 5.04. The molecule has 1 fully saturated rings. The Bertz CT molecular complexity index is 436. The summed E-state index contributed by atoms with van der Waals surface area (Å²) in [4.78, 5) is 12.1. The molecular formula is C14H20N2O3. The van der Waals surface area contributed by atoms with Gasteiger partial charge in [0.25, 0.3) is 5.91 Å². The van der Waals surface area contributed by atoms with Crippen LogP contribution in [0.3, 0.4) is 0 Å². The van der Waals surface area contributed by atoms with E-state index in [0.29, 0.717) is 5.92 Å². The summed E-state index contributed by atoms with van der Waals surface area (Å²) in [5.41, 5.74) is -0.0573. The van der Waals surface area contributed by atoms with E-state index in [1.807, 2.05) is 6.92 Å². The van der Waals surface area contributed by atoms with Crippen molar-refractivity contribution in [3.05, 3.63) is 23.8 Å². The molecule has 0 bridgehead atoms. The molecule has 0 saturated carbocycles. The molecule has 104 valence electrons. The maximum atomic E-state index is 12.1. The molecule has 5 nitrogen and oxygen atoms in total. The van der Waals surface area contributed by atoms with E-state index in [4.69, 9.17) is 0 Å². The molecule has 1 heterocycles. The SMILES string of the molecule is CC(NC(=O)c1c(O)cccc1O)C1CCCNC1. The van der Waals surface area contributed by atoms with Crippen LogP contribution in [0.15, 0.2) is 18.2 Å². The molecule has 2 atom stereocenters. The Labute approximate surface area is 112 Å². The minimum atomic E-state index is -0.436. The number of hydrogen-bond donors (Lipinski definition) is 4. The van der Waals surface area contributed by atoms with Crippen LogP contribution in [0, 0.1) is 5.92 Å². The molecule has 2 unspecified atom stereocenters. The number of phenols is 2. The molecule has 19 heavy (non-hydrogen) atoms. The topological polar surface area (TPSA) is 81.6 Å². The van der Waals surface area contributed by atoms with Crippen molar-refractivity contribution in [3.63, 3.8) is 0 Å². The summed E-state index contributed by atoms with van der Waals surface area (Å²) in [6.07, 6.45) is 2.17. The van der Waals surface area contributed by atoms with Crippen molar-refractivity contribution in [1.29, 1.82) is 0 Å². The number of carbonyl (C=O) groups excluding carboxylic acids is 1. The fourth-order valence-electron chi connectivity index (χ4n) is 2.46. The minimum Gasteiger partial charge on any atom is -0.507 e. The van der Waals surface area contributed by atoms with Gasteiger partial charge in [0.1, 0.15) is 17.1 Å². The molecule has 2 rings (SSSR count). The fraction of sp³-hybridized carbons (Fsp3) is 0.500. The third kappa shape index (κ3) is 3.17. The lowest BCUT2D eigenvalue weighted by Crippen LogP contribution is -2.44. The lowest BCUT2D eigenvalue weighted by Gasteiger charge is -2.29. The van der Waals surface area contributed by atoms with Gasteiger partial charge in [0.05, 0.1) is 0 Å². The van der Waals surface area contributed by atoms with Crippen molar-refractivity contribution in [2.75, 3.05) is 13.1 Å². The Morgan fingerprint density at radius 2 is 2.11 bits per heavy atom. The molecule has 1 aromatic carbocycles. The van der Waals surface area contributed by atoms with Gasteiger partial charge in [0.2, 0.25) is 0 Å². The summed E-state index contributed by atoms with van der Waals surface area (Å²) < 4.78 is 0. The monoisotopic (exact) mass is 264 g/mol. The highest BCUT2D eigenvalue weighted by Crippen LogP contribution is 2.26. The Morgan fingerprint density at radius 3 is 2.68 bits per heavy atom. The second kappa shape index (κ2) is 5.93. The van der Waals surface area contributed by atoms with Crippen LogP contribution in [0.1, 0.15) is 30.1 Å². The number of carbonyl (C=O) groups is 1. The van der Waals surface area contributed by atoms with Crippen LogP contribution in [0.5, 0.6) is 11.5 Å². The largest absolute Gasteiger partial charge is 0.507 e. The number of benzene rings is 1. The minimum absolute atomic E-state index is 0.000642. The quantitative estimate of drug-likeness (QED) is 0.661. The number of amides is 1. The maximum Gasteiger partial charge on any atom is 0.259 e. The van der Waals surface area contributed by atoms with E-state index in [1.165, 1.54) is 18.2 Å². The van der Waals surface area contributed by atoms with Crippen molar-refractivity contribution < 1.29 is 15.0 Å². The van der Waals surface area contributed by atoms with Gasteiger partial charge < -0.3 is 20.8 Å². The van der Waals surface area contributed by atoms with Gasteiger partial charge in [-0.1, -0.05) is 6.07 Å². The average molecular weight is 264 g/mol. The molecule has 1 aliphatic heterocycles. The summed E-state index contributed by atoms with van der Waals surface area (Å²) in [5, 5.41) is 25.5. The highest BCUT2D eigenvalue weighted by Gasteiger charge is 2.24. The van der Waals surface area contributed by atoms with Crippen LogP contribution in [-0.4, -0.2) is 35.3 Å². The molecule has 1 amide bonds. The summed E-state index contributed by atoms with van der Waals surface area (Å²) in [6.45, 7) is 3.86. The number of rotatable bonds is 3. The summed E-state index contributed by atoms with van der Waals surface area (Å²) in [5.74, 6) is -0.461. The third-order valence-corrected chi connectivity index (χ3v) is 3.65. The first-order chi connectivity index (χ1) is 9.09. The van der Waals surface area contributed by atoms with Crippen molar-refractivity contribution in [2.24, 2.45) is 5.92 Å². The van der Waals surface area contributed by atoms with E-state index in [9.17, 15) is 15.0 Å². The summed E-state index contributed by atoms with van der Waals surface area (Å²) in [7, 11) is 0. The van der Waals surface area contributed by atoms with Crippen LogP contribution in [0.25, 0.3) is 0 Å². The summed E-state index contributed by atoms with van der Waals surface area (Å²) in [6, 6.07) is 4.28. The average Bonchev–Trinajstić information content (AvgIpc) is 2.39. The zero-order chi connectivity index (χ0) is 13.8. The number of aromatic hydroxyl groups is 2. The molecule has 1 aliphatic rings. The van der Waals surface area contributed by atoms with Gasteiger partial charge in [-0.15, -0.1) is 0 Å². The standard InChI is InChI=1S/C14H20N2O3/c1-9(10-4-3-7-15-8-10)16-14(19)13-11(17)5-2-6-12(13)18/h2,5-6,9-10,15,17-18H,3-4,7-8H2,1H3,(H,16,19). The van der Waals surface area contributed by atoms with Gasteiger partial charge in [0, 0.05) is 6.04 Å². The Balaban J connectivity index is 2.04. The van der Waals surface area contributed by atoms with E-state index in [2.05, 4.69) is 10.6 Å². The van der Waals surface area contributed by atoms with E-state index >= 15 is 0 Å². The van der Waals surface area contributed by atoms with E-state index in [1.54, 1.807) is 0 Å². The predicted molar refractivity (Wildman–Crippen MR) is 72.3 cm³/mol. The third-order valence-electron chi connectivity index (χ3n) is 3.65. The molecular weight excluding hydrogens is 244 g/mol. The van der Waals surface area contributed by atoms with Gasteiger partial charge in [-0.05, 0) is 50.9 Å². The number of piperidine rings is 1. The Morgan fingerprint density at radius 1 is 1.42 bits per heavy atom. The molecule has 4 N–H and O–H groups in total. The number of nitrogens with one attached hydrogen (secondary N) is 2. The normalized spacial score (nSPS) is 20.8. The van der Waals surface area contributed by atoms with Crippen molar-refractivity contribution in [2.45, 2.75) is 25.8 Å². The molecule has 1 saturated heterocycles. The zero-order valence-electron chi connectivity index (χ0n) is 11.0. The fourth-order valence-corrected chi connectivity index (χ4v) is 2.46. The van der Waals surface area contributed by atoms with Crippen LogP contribution in [0.2, 0.25) is 0 Å². The van der Waals surface area contributed by atoms with E-state index in [-0.39, 0.29) is 23.1 Å². The molecule has 0 spiro atoms. The highest BCUT2D eigenvalue weighted by molar-refractivity contribution is 5.99. The van der Waals surface area contributed by atoms with E-state index in [0.717, 1.165) is 25.9 Å². The van der Waals surface area contributed by atoms with Crippen LogP contribution in [-0.2, 0) is 0 Å². The smallest absolute Gasteiger partial charge is 0.259 e. The molecule has 5 heteroatoms.